The summed E-state index contributed by atoms with van der Waals surface area (Å²) in [6.07, 6.45) is 0.734. The van der Waals surface area contributed by atoms with E-state index in [1.165, 1.54) is 32.1 Å². The minimum atomic E-state index is 0. The van der Waals surface area contributed by atoms with Gasteiger partial charge in [-0.1, -0.05) is 37.3 Å². The van der Waals surface area contributed by atoms with Gasteiger partial charge < -0.3 is 4.90 Å². The van der Waals surface area contributed by atoms with Gasteiger partial charge in [0.05, 0.1) is 17.2 Å². The standard InChI is InChI=1S/C21H30N4S.CH4/c1-13-8-10-17(11-9-13)20-19-14(2)15(3)26-21(19)25-16(4)23(6)24(7)18(25)12-22(20)5;/h8-11,16,18,20H,12H2,1-7H3;1H4. The van der Waals surface area contributed by atoms with Gasteiger partial charge in [0.1, 0.15) is 6.17 Å². The van der Waals surface area contributed by atoms with Gasteiger partial charge in [0.2, 0.25) is 0 Å². The van der Waals surface area contributed by atoms with Crippen molar-refractivity contribution in [3.8, 4) is 0 Å². The van der Waals surface area contributed by atoms with Gasteiger partial charge in [-0.15, -0.1) is 11.3 Å². The van der Waals surface area contributed by atoms with E-state index in [1.54, 1.807) is 0 Å². The second kappa shape index (κ2) is 7.21. The van der Waals surface area contributed by atoms with Gasteiger partial charge in [0, 0.05) is 31.1 Å². The summed E-state index contributed by atoms with van der Waals surface area (Å²) < 4.78 is 0. The number of thiophene rings is 1. The summed E-state index contributed by atoms with van der Waals surface area (Å²) in [4.78, 5) is 6.60. The Morgan fingerprint density at radius 3 is 2.22 bits per heavy atom. The molecule has 1 aromatic heterocycles. The molecule has 5 heteroatoms. The molecule has 2 aromatic rings. The van der Waals surface area contributed by atoms with Crippen molar-refractivity contribution >= 4 is 16.3 Å². The Morgan fingerprint density at radius 1 is 0.963 bits per heavy atom. The maximum atomic E-state index is 2.63. The van der Waals surface area contributed by atoms with Crippen molar-refractivity contribution in [2.45, 2.75) is 53.5 Å². The van der Waals surface area contributed by atoms with E-state index in [1.807, 2.05) is 11.3 Å². The fourth-order valence-corrected chi connectivity index (χ4v) is 5.80. The number of benzene rings is 1. The fraction of sp³-hybridized carbons (Fsp3) is 0.545. The first-order valence-electron chi connectivity index (χ1n) is 9.42. The summed E-state index contributed by atoms with van der Waals surface area (Å²) in [7, 11) is 6.69. The third kappa shape index (κ3) is 3.01. The number of nitrogens with zero attached hydrogens (tertiary/aromatic N) is 4. The van der Waals surface area contributed by atoms with Crippen molar-refractivity contribution in [3.63, 3.8) is 0 Å². The molecule has 4 nitrogen and oxygen atoms in total. The molecule has 1 saturated heterocycles. The van der Waals surface area contributed by atoms with Gasteiger partial charge in [0.25, 0.3) is 0 Å². The van der Waals surface area contributed by atoms with Crippen LogP contribution in [0.3, 0.4) is 0 Å². The van der Waals surface area contributed by atoms with E-state index in [-0.39, 0.29) is 7.43 Å². The second-order valence-corrected chi connectivity index (χ2v) is 9.13. The lowest BCUT2D eigenvalue weighted by molar-refractivity contribution is 0.0201. The van der Waals surface area contributed by atoms with Crippen molar-refractivity contribution in [1.82, 2.24) is 14.9 Å². The summed E-state index contributed by atoms with van der Waals surface area (Å²) in [5.41, 5.74) is 5.66. The molecule has 1 fully saturated rings. The SMILES string of the molecule is C.Cc1ccc(C2c3c(sc(C)c3C)N3C(C)N(C)N(C)C3CN2C)cc1. The Balaban J connectivity index is 0.00000210. The molecular weight excluding hydrogens is 352 g/mol. The minimum Gasteiger partial charge on any atom is -0.328 e. The molecule has 0 amide bonds. The average Bonchev–Trinajstić information content (AvgIpc) is 2.94. The molecule has 0 spiro atoms. The fourth-order valence-electron chi connectivity index (χ4n) is 4.49. The van der Waals surface area contributed by atoms with Crippen molar-refractivity contribution < 1.29 is 0 Å². The maximum Gasteiger partial charge on any atom is 0.110 e. The molecule has 0 radical (unpaired) electrons. The molecule has 3 heterocycles. The summed E-state index contributed by atoms with van der Waals surface area (Å²) in [6, 6.07) is 9.41. The lowest BCUT2D eigenvalue weighted by atomic mass is 9.95. The molecule has 0 bridgehead atoms. The average molecular weight is 387 g/mol. The van der Waals surface area contributed by atoms with E-state index in [2.05, 4.69) is 92.9 Å². The van der Waals surface area contributed by atoms with Gasteiger partial charge in [-0.25, -0.2) is 10.0 Å². The number of likely N-dealkylation sites (N-methyl/N-ethyl adjacent to an activating group) is 2. The molecule has 0 saturated carbocycles. The van der Waals surface area contributed by atoms with Crippen molar-refractivity contribution in [3.05, 3.63) is 51.4 Å². The predicted molar refractivity (Wildman–Crippen MR) is 117 cm³/mol. The molecule has 4 rings (SSSR count). The van der Waals surface area contributed by atoms with Crippen LogP contribution < -0.4 is 4.90 Å². The first-order chi connectivity index (χ1) is 12.3. The molecule has 2 aliphatic heterocycles. The highest BCUT2D eigenvalue weighted by atomic mass is 32.1. The van der Waals surface area contributed by atoms with Crippen LogP contribution in [0.4, 0.5) is 5.00 Å². The lowest BCUT2D eigenvalue weighted by Crippen LogP contribution is -2.45. The zero-order valence-corrected chi connectivity index (χ0v) is 17.8. The highest BCUT2D eigenvalue weighted by molar-refractivity contribution is 7.16. The molecule has 0 aliphatic carbocycles. The maximum absolute atomic E-state index is 2.63. The first kappa shape index (κ1) is 20.3. The minimum absolute atomic E-state index is 0. The number of hydrogen-bond donors (Lipinski definition) is 0. The van der Waals surface area contributed by atoms with E-state index < -0.39 is 0 Å². The molecule has 3 atom stereocenters. The molecular formula is C22H34N4S. The second-order valence-electron chi connectivity index (χ2n) is 7.92. The van der Waals surface area contributed by atoms with Gasteiger partial charge in [-0.05, 0) is 45.9 Å². The normalized spacial score (nSPS) is 26.5. The van der Waals surface area contributed by atoms with Crippen molar-refractivity contribution in [1.29, 1.82) is 0 Å². The number of fused-ring (bicyclic) bond motifs is 3. The summed E-state index contributed by atoms with van der Waals surface area (Å²) >= 11 is 1.96. The van der Waals surface area contributed by atoms with Crippen LogP contribution in [0.25, 0.3) is 0 Å². The van der Waals surface area contributed by atoms with E-state index in [0.29, 0.717) is 18.4 Å². The summed E-state index contributed by atoms with van der Waals surface area (Å²) in [6.45, 7) is 10.1. The van der Waals surface area contributed by atoms with Crippen LogP contribution in [-0.4, -0.2) is 54.9 Å². The van der Waals surface area contributed by atoms with Gasteiger partial charge in [-0.3, -0.25) is 4.90 Å². The van der Waals surface area contributed by atoms with Crippen LogP contribution in [-0.2, 0) is 0 Å². The van der Waals surface area contributed by atoms with Crippen molar-refractivity contribution in [2.75, 3.05) is 32.6 Å². The molecule has 27 heavy (non-hydrogen) atoms. The predicted octanol–water partition coefficient (Wildman–Crippen LogP) is 4.61. The summed E-state index contributed by atoms with van der Waals surface area (Å²) in [5.74, 6) is 0. The number of rotatable bonds is 1. The molecule has 148 valence electrons. The van der Waals surface area contributed by atoms with Crippen LogP contribution in [0, 0.1) is 20.8 Å². The molecule has 2 aliphatic rings. The first-order valence-corrected chi connectivity index (χ1v) is 10.2. The number of anilines is 1. The third-order valence-corrected chi connectivity index (χ3v) is 7.64. The van der Waals surface area contributed by atoms with Crippen LogP contribution in [0.15, 0.2) is 24.3 Å². The third-order valence-electron chi connectivity index (χ3n) is 6.40. The van der Waals surface area contributed by atoms with Gasteiger partial charge in [0.15, 0.2) is 0 Å². The summed E-state index contributed by atoms with van der Waals surface area (Å²) in [5, 5.41) is 6.20. The zero-order valence-electron chi connectivity index (χ0n) is 16.9. The van der Waals surface area contributed by atoms with Gasteiger partial charge in [-0.2, -0.15) is 0 Å². The van der Waals surface area contributed by atoms with Gasteiger partial charge >= 0.3 is 0 Å². The lowest BCUT2D eigenvalue weighted by Gasteiger charge is -2.31. The molecule has 1 aromatic carbocycles. The monoisotopic (exact) mass is 386 g/mol. The van der Waals surface area contributed by atoms with E-state index >= 15 is 0 Å². The van der Waals surface area contributed by atoms with E-state index in [9.17, 15) is 0 Å². The Kier molecular flexibility index (Phi) is 5.43. The van der Waals surface area contributed by atoms with Crippen molar-refractivity contribution in [2.24, 2.45) is 0 Å². The van der Waals surface area contributed by atoms with Crippen LogP contribution in [0.1, 0.15) is 47.5 Å². The van der Waals surface area contributed by atoms with Crippen LogP contribution in [0.5, 0.6) is 0 Å². The quantitative estimate of drug-likeness (QED) is 0.709. The Labute approximate surface area is 169 Å². The van der Waals surface area contributed by atoms with Crippen LogP contribution >= 0.6 is 11.3 Å². The van der Waals surface area contributed by atoms with E-state index in [0.717, 1.165) is 6.54 Å². The largest absolute Gasteiger partial charge is 0.328 e. The molecule has 0 N–H and O–H groups in total. The van der Waals surface area contributed by atoms with Crippen LogP contribution in [0.2, 0.25) is 0 Å². The molecule has 3 unspecified atom stereocenters. The Morgan fingerprint density at radius 2 is 1.59 bits per heavy atom. The van der Waals surface area contributed by atoms with E-state index in [4.69, 9.17) is 0 Å². The number of aryl methyl sites for hydroxylation is 2. The zero-order chi connectivity index (χ0) is 18.7. The number of hydrazine groups is 1. The smallest absolute Gasteiger partial charge is 0.110 e. The number of hydrogen-bond acceptors (Lipinski definition) is 5. The Bertz CT molecular complexity index is 812. The Hall–Kier alpha value is -1.40. The highest BCUT2D eigenvalue weighted by Crippen LogP contribution is 2.48. The topological polar surface area (TPSA) is 13.0 Å². The highest BCUT2D eigenvalue weighted by Gasteiger charge is 2.46.